The fourth-order valence-electron chi connectivity index (χ4n) is 0.999. The van der Waals surface area contributed by atoms with E-state index in [9.17, 15) is 4.79 Å². The maximum Gasteiger partial charge on any atom is 0.322 e. The van der Waals surface area contributed by atoms with Crippen LogP contribution in [-0.4, -0.2) is 44.9 Å². The van der Waals surface area contributed by atoms with Crippen LogP contribution in [0.1, 0.15) is 0 Å². The van der Waals surface area contributed by atoms with Crippen LogP contribution in [0.3, 0.4) is 0 Å². The van der Waals surface area contributed by atoms with Crippen LogP contribution in [0.25, 0.3) is 0 Å². The smallest absolute Gasteiger partial charge is 0.322 e. The van der Waals surface area contributed by atoms with Gasteiger partial charge in [-0.3, -0.25) is 4.79 Å². The van der Waals surface area contributed by atoms with Gasteiger partial charge in [0.1, 0.15) is 17.9 Å². The molecule has 0 aromatic carbocycles. The number of carbonyl (C=O) groups is 1. The zero-order valence-electron chi connectivity index (χ0n) is 7.37. The standard InChI is InChI=1S/C8H12N2O4/c9-5(8(13)14)3-10-2-1-6(11)7(12)4-10/h1-2,4-6,11-12H,3,9H2,(H,13,14). The number of hydrogen-bond donors (Lipinski definition) is 4. The topological polar surface area (TPSA) is 107 Å². The second-order valence-corrected chi connectivity index (χ2v) is 2.98. The Hall–Kier alpha value is -1.53. The molecular weight excluding hydrogens is 188 g/mol. The molecule has 2 unspecified atom stereocenters. The molecule has 6 nitrogen and oxygen atoms in total. The Balaban J connectivity index is 2.56. The molecule has 14 heavy (non-hydrogen) atoms. The minimum atomic E-state index is -1.11. The Morgan fingerprint density at radius 1 is 1.71 bits per heavy atom. The van der Waals surface area contributed by atoms with Crippen molar-refractivity contribution in [1.82, 2.24) is 4.90 Å². The van der Waals surface area contributed by atoms with Crippen molar-refractivity contribution in [1.29, 1.82) is 0 Å². The Labute approximate surface area is 80.6 Å². The first-order valence-corrected chi connectivity index (χ1v) is 4.02. The van der Waals surface area contributed by atoms with Gasteiger partial charge in [-0.25, -0.2) is 0 Å². The molecular formula is C8H12N2O4. The molecule has 0 aromatic heterocycles. The van der Waals surface area contributed by atoms with Gasteiger partial charge in [0.15, 0.2) is 0 Å². The number of rotatable bonds is 3. The summed E-state index contributed by atoms with van der Waals surface area (Å²) in [4.78, 5) is 11.8. The van der Waals surface area contributed by atoms with Crippen molar-refractivity contribution < 1.29 is 20.1 Å². The zero-order chi connectivity index (χ0) is 10.7. The van der Waals surface area contributed by atoms with Crippen LogP contribution in [-0.2, 0) is 4.79 Å². The van der Waals surface area contributed by atoms with Crippen molar-refractivity contribution in [3.8, 4) is 0 Å². The fraction of sp³-hybridized carbons (Fsp3) is 0.375. The zero-order valence-corrected chi connectivity index (χ0v) is 7.37. The van der Waals surface area contributed by atoms with Crippen LogP contribution < -0.4 is 5.73 Å². The number of hydrogen-bond acceptors (Lipinski definition) is 5. The van der Waals surface area contributed by atoms with Crippen molar-refractivity contribution in [2.24, 2.45) is 5.73 Å². The molecule has 0 saturated heterocycles. The number of nitrogens with zero attached hydrogens (tertiary/aromatic N) is 1. The predicted octanol–water partition coefficient (Wildman–Crippen LogP) is -1.01. The monoisotopic (exact) mass is 200 g/mol. The van der Waals surface area contributed by atoms with Crippen LogP contribution in [0.2, 0.25) is 0 Å². The molecule has 0 spiro atoms. The van der Waals surface area contributed by atoms with Crippen molar-refractivity contribution in [2.75, 3.05) is 6.54 Å². The maximum atomic E-state index is 10.4. The Kier molecular flexibility index (Phi) is 3.10. The third kappa shape index (κ3) is 2.48. The summed E-state index contributed by atoms with van der Waals surface area (Å²) in [5, 5.41) is 26.7. The highest BCUT2D eigenvalue weighted by Gasteiger charge is 2.17. The van der Waals surface area contributed by atoms with E-state index in [1.54, 1.807) is 0 Å². The highest BCUT2D eigenvalue weighted by Crippen LogP contribution is 2.09. The number of carboxylic acid groups (broad SMARTS) is 1. The number of aliphatic hydroxyl groups excluding tert-OH is 2. The average molecular weight is 200 g/mol. The summed E-state index contributed by atoms with van der Waals surface area (Å²) in [6.45, 7) is 0.0443. The quantitative estimate of drug-likeness (QED) is 0.465. The lowest BCUT2D eigenvalue weighted by Crippen LogP contribution is -2.40. The molecule has 5 N–H and O–H groups in total. The van der Waals surface area contributed by atoms with Gasteiger partial charge in [-0.15, -0.1) is 0 Å². The molecule has 0 amide bonds. The summed E-state index contributed by atoms with van der Waals surface area (Å²) in [5.74, 6) is -1.34. The Morgan fingerprint density at radius 3 is 2.86 bits per heavy atom. The first-order valence-electron chi connectivity index (χ1n) is 4.02. The van der Waals surface area contributed by atoms with Crippen LogP contribution >= 0.6 is 0 Å². The first kappa shape index (κ1) is 10.6. The molecule has 1 aliphatic heterocycles. The van der Waals surface area contributed by atoms with E-state index < -0.39 is 18.1 Å². The van der Waals surface area contributed by atoms with Crippen molar-refractivity contribution >= 4 is 5.97 Å². The van der Waals surface area contributed by atoms with Crippen LogP contribution in [0.4, 0.5) is 0 Å². The lowest BCUT2D eigenvalue weighted by Gasteiger charge is -2.22. The maximum absolute atomic E-state index is 10.4. The van der Waals surface area contributed by atoms with E-state index in [-0.39, 0.29) is 12.3 Å². The van der Waals surface area contributed by atoms with Gasteiger partial charge in [0.05, 0.1) is 0 Å². The summed E-state index contributed by atoms with van der Waals surface area (Å²) < 4.78 is 0. The van der Waals surface area contributed by atoms with Gasteiger partial charge in [0, 0.05) is 18.9 Å². The van der Waals surface area contributed by atoms with Crippen LogP contribution in [0.15, 0.2) is 24.2 Å². The van der Waals surface area contributed by atoms with E-state index in [2.05, 4.69) is 0 Å². The highest BCUT2D eigenvalue weighted by molar-refractivity contribution is 5.73. The molecule has 1 aliphatic rings. The van der Waals surface area contributed by atoms with Gasteiger partial charge in [-0.05, 0) is 6.08 Å². The minimum Gasteiger partial charge on any atom is -0.508 e. The average Bonchev–Trinajstić information content (AvgIpc) is 2.11. The molecule has 2 atom stereocenters. The van der Waals surface area contributed by atoms with Gasteiger partial charge >= 0.3 is 5.97 Å². The van der Waals surface area contributed by atoms with Gasteiger partial charge in [-0.2, -0.15) is 0 Å². The highest BCUT2D eigenvalue weighted by atomic mass is 16.4. The van der Waals surface area contributed by atoms with Gasteiger partial charge in [-0.1, -0.05) is 0 Å². The van der Waals surface area contributed by atoms with E-state index in [0.717, 1.165) is 0 Å². The number of aliphatic hydroxyl groups is 2. The molecule has 0 saturated carbocycles. The number of nitrogens with two attached hydrogens (primary N) is 1. The third-order valence-electron chi connectivity index (χ3n) is 1.79. The molecule has 0 radical (unpaired) electrons. The van der Waals surface area contributed by atoms with Crippen molar-refractivity contribution in [3.63, 3.8) is 0 Å². The van der Waals surface area contributed by atoms with E-state index in [0.29, 0.717) is 0 Å². The second kappa shape index (κ2) is 4.12. The summed E-state index contributed by atoms with van der Waals surface area (Å²) in [5.41, 5.74) is 5.28. The molecule has 0 aromatic rings. The van der Waals surface area contributed by atoms with E-state index >= 15 is 0 Å². The van der Waals surface area contributed by atoms with Gasteiger partial charge in [0.25, 0.3) is 0 Å². The van der Waals surface area contributed by atoms with Crippen molar-refractivity contribution in [2.45, 2.75) is 12.1 Å². The Morgan fingerprint density at radius 2 is 2.36 bits per heavy atom. The van der Waals surface area contributed by atoms with Crippen LogP contribution in [0.5, 0.6) is 0 Å². The van der Waals surface area contributed by atoms with E-state index in [4.69, 9.17) is 21.1 Å². The second-order valence-electron chi connectivity index (χ2n) is 2.98. The predicted molar refractivity (Wildman–Crippen MR) is 48.2 cm³/mol. The lowest BCUT2D eigenvalue weighted by atomic mass is 10.2. The Bertz CT molecular complexity index is 287. The molecule has 0 aliphatic carbocycles. The third-order valence-corrected chi connectivity index (χ3v) is 1.79. The summed E-state index contributed by atoms with van der Waals surface area (Å²) in [6.07, 6.45) is 3.03. The summed E-state index contributed by atoms with van der Waals surface area (Å²) >= 11 is 0. The number of carboxylic acids is 1. The summed E-state index contributed by atoms with van der Waals surface area (Å²) in [6, 6.07) is -1.03. The summed E-state index contributed by atoms with van der Waals surface area (Å²) in [7, 11) is 0. The normalized spacial score (nSPS) is 23.1. The van der Waals surface area contributed by atoms with E-state index in [1.165, 1.54) is 23.4 Å². The minimum absolute atomic E-state index is 0.0443. The van der Waals surface area contributed by atoms with E-state index in [1.807, 2.05) is 0 Å². The lowest BCUT2D eigenvalue weighted by molar-refractivity contribution is -0.138. The molecule has 0 bridgehead atoms. The molecule has 1 heterocycles. The molecule has 0 fully saturated rings. The molecule has 78 valence electrons. The molecule has 6 heteroatoms. The molecule has 1 rings (SSSR count). The largest absolute Gasteiger partial charge is 0.508 e. The fourth-order valence-corrected chi connectivity index (χ4v) is 0.999. The SMILES string of the molecule is NC(CN1C=CC(O)C(O)=C1)C(=O)O. The van der Waals surface area contributed by atoms with Crippen molar-refractivity contribution in [3.05, 3.63) is 24.2 Å². The number of aliphatic carboxylic acids is 1. The first-order chi connectivity index (χ1) is 6.50. The van der Waals surface area contributed by atoms with Crippen LogP contribution in [0, 0.1) is 0 Å². The van der Waals surface area contributed by atoms with Gasteiger partial charge < -0.3 is 26.0 Å². The van der Waals surface area contributed by atoms with Gasteiger partial charge in [0.2, 0.25) is 0 Å².